The van der Waals surface area contributed by atoms with Crippen LogP contribution in [0.4, 0.5) is 0 Å². The Bertz CT molecular complexity index is 635. The van der Waals surface area contributed by atoms with Crippen molar-refractivity contribution in [3.05, 3.63) is 35.6 Å². The van der Waals surface area contributed by atoms with E-state index in [0.717, 1.165) is 18.2 Å². The number of hydrogen-bond donors (Lipinski definition) is 0. The Morgan fingerprint density at radius 3 is 2.53 bits per heavy atom. The molecule has 2 heterocycles. The molecule has 0 radical (unpaired) electrons. The van der Waals surface area contributed by atoms with Crippen molar-refractivity contribution >= 4 is 66.1 Å². The number of nitrogens with zero attached hydrogens (tertiary/aromatic N) is 3. The Kier molecular flexibility index (Phi) is 5.19. The van der Waals surface area contributed by atoms with Gasteiger partial charge in [-0.15, -0.1) is 0 Å². The minimum absolute atomic E-state index is 0.278. The van der Waals surface area contributed by atoms with Crippen LogP contribution in [-0.2, 0) is 0 Å². The molecule has 0 atom stereocenters. The van der Waals surface area contributed by atoms with Crippen LogP contribution in [0, 0.1) is 3.57 Å². The normalized spacial score (nSPS) is 11.1. The molecule has 7 heteroatoms. The lowest BCUT2D eigenvalue weighted by Crippen LogP contribution is -2.03. The lowest BCUT2D eigenvalue weighted by Gasteiger charge is -2.11. The summed E-state index contributed by atoms with van der Waals surface area (Å²) in [5.41, 5.74) is 1.62. The van der Waals surface area contributed by atoms with E-state index in [1.165, 1.54) is 0 Å². The summed E-state index contributed by atoms with van der Waals surface area (Å²) in [6.07, 6.45) is 1.71. The maximum Gasteiger partial charge on any atom is 0.181 e. The van der Waals surface area contributed by atoms with Crippen LogP contribution in [0.1, 0.15) is 25.5 Å². The van der Waals surface area contributed by atoms with Crippen molar-refractivity contribution < 1.29 is 0 Å². The van der Waals surface area contributed by atoms with Crippen LogP contribution in [0.3, 0.4) is 0 Å². The lowest BCUT2D eigenvalue weighted by atomic mass is 10.1. The van der Waals surface area contributed by atoms with Gasteiger partial charge in [0.05, 0.1) is 9.26 Å². The third kappa shape index (κ3) is 3.46. The van der Waals surface area contributed by atoms with Crippen molar-refractivity contribution in [3.63, 3.8) is 0 Å². The van der Waals surface area contributed by atoms with Gasteiger partial charge in [-0.25, -0.2) is 9.97 Å². The first-order chi connectivity index (χ1) is 8.90. The van der Waals surface area contributed by atoms with Crippen LogP contribution in [0.15, 0.2) is 21.2 Å². The second-order valence-electron chi connectivity index (χ2n) is 4.18. The molecule has 0 spiro atoms. The molecule has 2 aromatic rings. The van der Waals surface area contributed by atoms with Gasteiger partial charge in [-0.3, -0.25) is 4.98 Å². The minimum atomic E-state index is 0.278. The molecule has 0 N–H and O–H groups in total. The zero-order valence-corrected chi connectivity index (χ0v) is 16.2. The summed E-state index contributed by atoms with van der Waals surface area (Å²) < 4.78 is 2.61. The van der Waals surface area contributed by atoms with Crippen molar-refractivity contribution in [3.8, 4) is 11.5 Å². The standard InChI is InChI=1S/C12H9Br2ClIN3/c1-5(2)9-8(16)11(15)19-12(18-9)10-7(14)3-6(13)4-17-10/h3-5H,1-2H3. The molecule has 0 saturated carbocycles. The number of halogens is 4. The Morgan fingerprint density at radius 1 is 1.26 bits per heavy atom. The molecule has 0 aromatic carbocycles. The summed E-state index contributed by atoms with van der Waals surface area (Å²) in [6.45, 7) is 4.16. The van der Waals surface area contributed by atoms with Crippen LogP contribution in [0.2, 0.25) is 5.15 Å². The van der Waals surface area contributed by atoms with Gasteiger partial charge in [0.25, 0.3) is 0 Å². The third-order valence-electron chi connectivity index (χ3n) is 2.40. The highest BCUT2D eigenvalue weighted by molar-refractivity contribution is 14.1. The smallest absolute Gasteiger partial charge is 0.181 e. The molecule has 0 unspecified atom stereocenters. The summed E-state index contributed by atoms with van der Waals surface area (Å²) in [4.78, 5) is 13.2. The van der Waals surface area contributed by atoms with Gasteiger partial charge in [0.1, 0.15) is 10.8 Å². The molecule has 2 rings (SSSR count). The molecule has 19 heavy (non-hydrogen) atoms. The maximum absolute atomic E-state index is 6.19. The number of hydrogen-bond acceptors (Lipinski definition) is 3. The quantitative estimate of drug-likeness (QED) is 0.393. The highest BCUT2D eigenvalue weighted by atomic mass is 127. The summed E-state index contributed by atoms with van der Waals surface area (Å²) in [7, 11) is 0. The number of aromatic nitrogens is 3. The van der Waals surface area contributed by atoms with E-state index >= 15 is 0 Å². The Labute approximate surface area is 147 Å². The molecule has 0 bridgehead atoms. The first kappa shape index (κ1) is 15.6. The first-order valence-electron chi connectivity index (χ1n) is 5.44. The van der Waals surface area contributed by atoms with Crippen molar-refractivity contribution in [1.29, 1.82) is 0 Å². The Morgan fingerprint density at radius 2 is 1.95 bits per heavy atom. The minimum Gasteiger partial charge on any atom is -0.251 e. The van der Waals surface area contributed by atoms with Gasteiger partial charge in [-0.05, 0) is 66.4 Å². The summed E-state index contributed by atoms with van der Waals surface area (Å²) in [5.74, 6) is 0.814. The molecular formula is C12H9Br2ClIN3. The number of rotatable bonds is 2. The summed E-state index contributed by atoms with van der Waals surface area (Å²) >= 11 is 15.2. The SMILES string of the molecule is CC(C)c1nc(-c2ncc(Br)cc2Br)nc(Cl)c1I. The number of pyridine rings is 1. The predicted octanol–water partition coefficient (Wildman–Crippen LogP) is 5.45. The second-order valence-corrected chi connectivity index (χ2v) is 7.38. The lowest BCUT2D eigenvalue weighted by molar-refractivity contribution is 0.807. The Balaban J connectivity index is 2.63. The molecular weight excluding hydrogens is 508 g/mol. The van der Waals surface area contributed by atoms with Crippen LogP contribution >= 0.6 is 66.1 Å². The van der Waals surface area contributed by atoms with Crippen molar-refractivity contribution in [2.45, 2.75) is 19.8 Å². The molecule has 100 valence electrons. The largest absolute Gasteiger partial charge is 0.251 e. The van der Waals surface area contributed by atoms with E-state index in [2.05, 4.69) is 83.3 Å². The fraction of sp³-hybridized carbons (Fsp3) is 0.250. The molecule has 0 saturated heterocycles. The van der Waals surface area contributed by atoms with Crippen molar-refractivity contribution in [1.82, 2.24) is 15.0 Å². The van der Waals surface area contributed by atoms with Gasteiger partial charge in [-0.2, -0.15) is 0 Å². The van der Waals surface area contributed by atoms with Gasteiger partial charge in [0.15, 0.2) is 5.82 Å². The fourth-order valence-corrected chi connectivity index (χ4v) is 3.71. The van der Waals surface area contributed by atoms with Crippen molar-refractivity contribution in [2.24, 2.45) is 0 Å². The first-order valence-corrected chi connectivity index (χ1v) is 8.48. The van der Waals surface area contributed by atoms with E-state index < -0.39 is 0 Å². The van der Waals surface area contributed by atoms with E-state index in [9.17, 15) is 0 Å². The average Bonchev–Trinajstić information content (AvgIpc) is 2.32. The van der Waals surface area contributed by atoms with E-state index in [4.69, 9.17) is 11.6 Å². The summed E-state index contributed by atoms with van der Waals surface area (Å²) in [6, 6.07) is 1.91. The van der Waals surface area contributed by atoms with E-state index in [1.807, 2.05) is 6.07 Å². The zero-order chi connectivity index (χ0) is 14.2. The topological polar surface area (TPSA) is 38.7 Å². The van der Waals surface area contributed by atoms with Crippen LogP contribution < -0.4 is 0 Å². The molecule has 0 fully saturated rings. The average molecular weight is 517 g/mol. The fourth-order valence-electron chi connectivity index (χ4n) is 1.50. The highest BCUT2D eigenvalue weighted by Gasteiger charge is 2.17. The van der Waals surface area contributed by atoms with Crippen LogP contribution in [0.25, 0.3) is 11.5 Å². The van der Waals surface area contributed by atoms with Crippen molar-refractivity contribution in [2.75, 3.05) is 0 Å². The molecule has 0 amide bonds. The van der Waals surface area contributed by atoms with Gasteiger partial charge in [0, 0.05) is 15.1 Å². The van der Waals surface area contributed by atoms with Crippen LogP contribution in [-0.4, -0.2) is 15.0 Å². The van der Waals surface area contributed by atoms with E-state index in [-0.39, 0.29) is 5.92 Å². The molecule has 0 aliphatic rings. The monoisotopic (exact) mass is 515 g/mol. The zero-order valence-electron chi connectivity index (χ0n) is 10.1. The Hall–Kier alpha value is 0.210. The predicted molar refractivity (Wildman–Crippen MR) is 92.5 cm³/mol. The maximum atomic E-state index is 6.19. The van der Waals surface area contributed by atoms with E-state index in [0.29, 0.717) is 16.7 Å². The summed E-state index contributed by atoms with van der Waals surface area (Å²) in [5, 5.41) is 0.464. The molecule has 0 aliphatic heterocycles. The van der Waals surface area contributed by atoms with Crippen LogP contribution in [0.5, 0.6) is 0 Å². The van der Waals surface area contributed by atoms with Gasteiger partial charge in [-0.1, -0.05) is 25.4 Å². The highest BCUT2D eigenvalue weighted by Crippen LogP contribution is 2.31. The van der Waals surface area contributed by atoms with Gasteiger partial charge in [0.2, 0.25) is 0 Å². The molecule has 0 aliphatic carbocycles. The second kappa shape index (κ2) is 6.32. The van der Waals surface area contributed by atoms with Gasteiger partial charge >= 0.3 is 0 Å². The van der Waals surface area contributed by atoms with Gasteiger partial charge < -0.3 is 0 Å². The van der Waals surface area contributed by atoms with E-state index in [1.54, 1.807) is 6.20 Å². The molecule has 2 aromatic heterocycles. The third-order valence-corrected chi connectivity index (χ3v) is 5.10. The molecule has 3 nitrogen and oxygen atoms in total.